The third-order valence-electron chi connectivity index (χ3n) is 7.49. The van der Waals surface area contributed by atoms with Crippen LogP contribution in [0.25, 0.3) is 0 Å². The van der Waals surface area contributed by atoms with Crippen LogP contribution in [-0.2, 0) is 13.2 Å². The fourth-order valence-corrected chi connectivity index (χ4v) is 5.00. The molecule has 0 saturated carbocycles. The zero-order valence-electron chi connectivity index (χ0n) is 22.1. The van der Waals surface area contributed by atoms with Gasteiger partial charge in [0.1, 0.15) is 48.5 Å². The van der Waals surface area contributed by atoms with Crippen LogP contribution in [0.4, 0.5) is 13.2 Å². The Kier molecular flexibility index (Phi) is 7.49. The average Bonchev–Trinajstić information content (AvgIpc) is 3.01. The van der Waals surface area contributed by atoms with E-state index in [1.807, 2.05) is 0 Å². The molecule has 1 saturated heterocycles. The third-order valence-corrected chi connectivity index (χ3v) is 7.49. The Labute approximate surface area is 232 Å². The number of aromatic nitrogens is 1. The van der Waals surface area contributed by atoms with Gasteiger partial charge in [0.15, 0.2) is 11.4 Å². The molecule has 10 nitrogen and oxygen atoms in total. The number of benzene rings is 2. The van der Waals surface area contributed by atoms with Crippen LogP contribution in [0.2, 0.25) is 0 Å². The molecule has 2 aromatic carbocycles. The normalized spacial score (nSPS) is 21.8. The molecule has 0 spiro atoms. The molecule has 4 atom stereocenters. The second kappa shape index (κ2) is 10.9. The summed E-state index contributed by atoms with van der Waals surface area (Å²) in [7, 11) is 0. The summed E-state index contributed by atoms with van der Waals surface area (Å²) in [5, 5.41) is 25.2. The van der Waals surface area contributed by atoms with Gasteiger partial charge in [0.05, 0.1) is 12.1 Å². The second-order valence-corrected chi connectivity index (χ2v) is 10.0. The minimum Gasteiger partial charge on any atom is -0.482 e. The van der Waals surface area contributed by atoms with Crippen molar-refractivity contribution >= 4 is 11.8 Å². The minimum absolute atomic E-state index is 0.0870. The van der Waals surface area contributed by atoms with Crippen molar-refractivity contribution in [1.29, 1.82) is 0 Å². The molecule has 216 valence electrons. The van der Waals surface area contributed by atoms with E-state index in [1.165, 1.54) is 14.6 Å². The molecule has 2 unspecified atom stereocenters. The van der Waals surface area contributed by atoms with Crippen molar-refractivity contribution < 1.29 is 37.7 Å². The van der Waals surface area contributed by atoms with Gasteiger partial charge < -0.3 is 25.2 Å². The number of hydrogen-bond donors (Lipinski definition) is 3. The number of amides is 2. The Morgan fingerprint density at radius 3 is 2.32 bits per heavy atom. The van der Waals surface area contributed by atoms with E-state index in [2.05, 4.69) is 5.32 Å². The molecule has 2 bridgehead atoms. The van der Waals surface area contributed by atoms with Crippen molar-refractivity contribution in [3.8, 4) is 5.75 Å². The van der Waals surface area contributed by atoms with Crippen molar-refractivity contribution in [3.63, 3.8) is 0 Å². The molecule has 0 aliphatic carbocycles. The molecular formula is C28H27F3N4O6. The van der Waals surface area contributed by atoms with Gasteiger partial charge in [-0.15, -0.1) is 0 Å². The molecule has 2 amide bonds. The topological polar surface area (TPSA) is 124 Å². The van der Waals surface area contributed by atoms with Crippen molar-refractivity contribution in [1.82, 2.24) is 14.9 Å². The number of nitrogens with one attached hydrogen (secondary N) is 1. The van der Waals surface area contributed by atoms with Crippen LogP contribution in [0.15, 0.2) is 53.5 Å². The highest BCUT2D eigenvalue weighted by Crippen LogP contribution is 2.30. The van der Waals surface area contributed by atoms with Gasteiger partial charge in [-0.05, 0) is 19.4 Å². The van der Waals surface area contributed by atoms with E-state index in [-0.39, 0.29) is 19.0 Å². The number of aliphatic hydroxyl groups excluding tert-OH is 2. The molecule has 2 aliphatic rings. The summed E-state index contributed by atoms with van der Waals surface area (Å²) in [6, 6.07) is 8.08. The summed E-state index contributed by atoms with van der Waals surface area (Å²) in [5.74, 6) is -5.73. The fourth-order valence-electron chi connectivity index (χ4n) is 5.00. The Morgan fingerprint density at radius 2 is 1.66 bits per heavy atom. The standard InChI is InChI=1S/C28H27F3N4O6/c1-14-23(36)24(37)15(2)35-13-33(14)28(40)22-26(41-12-16-6-4-3-5-7-16)25(38)19(11-34(22)35)27(39)32-10-18-20(30)8-17(29)9-21(18)31/h3-9,11,14-15,23-24,36-37H,10,12-13H2,1-2H3,(H,32,39)/t14-,15+,23?,24?/m0/s1. The number of pyridine rings is 1. The lowest BCUT2D eigenvalue weighted by Crippen LogP contribution is -2.58. The molecule has 1 aromatic heterocycles. The van der Waals surface area contributed by atoms with Crippen molar-refractivity contribution in [2.24, 2.45) is 0 Å². The maximum absolute atomic E-state index is 14.1. The van der Waals surface area contributed by atoms with E-state index < -0.39 is 82.4 Å². The molecule has 3 aromatic rings. The number of rotatable bonds is 6. The maximum Gasteiger partial charge on any atom is 0.278 e. The largest absolute Gasteiger partial charge is 0.482 e. The molecule has 41 heavy (non-hydrogen) atoms. The SMILES string of the molecule is C[C@@H]1C(O)C(O)[C@H](C)N2CN1n1cc(C(=O)NCc3c(F)cc(F)cc3F)c(=O)c(OCc3ccccc3)c1C2=O. The summed E-state index contributed by atoms with van der Waals surface area (Å²) < 4.78 is 48.7. The lowest BCUT2D eigenvalue weighted by atomic mass is 10.0. The molecule has 2 aliphatic heterocycles. The smallest absolute Gasteiger partial charge is 0.278 e. The van der Waals surface area contributed by atoms with Crippen molar-refractivity contribution in [2.75, 3.05) is 11.7 Å². The number of fused-ring (bicyclic) bond motifs is 4. The highest BCUT2D eigenvalue weighted by Gasteiger charge is 2.46. The summed E-state index contributed by atoms with van der Waals surface area (Å²) in [4.78, 5) is 41.8. The molecule has 0 radical (unpaired) electrons. The first-order valence-corrected chi connectivity index (χ1v) is 12.8. The van der Waals surface area contributed by atoms with Gasteiger partial charge >= 0.3 is 0 Å². The van der Waals surface area contributed by atoms with E-state index >= 15 is 0 Å². The van der Waals surface area contributed by atoms with Crippen molar-refractivity contribution in [3.05, 3.63) is 98.7 Å². The zero-order chi connectivity index (χ0) is 29.6. The summed E-state index contributed by atoms with van der Waals surface area (Å²) in [5.41, 5.74) is -1.64. The average molecular weight is 573 g/mol. The van der Waals surface area contributed by atoms with Gasteiger partial charge in [-0.3, -0.25) is 24.1 Å². The van der Waals surface area contributed by atoms with Crippen LogP contribution in [0.3, 0.4) is 0 Å². The molecule has 3 heterocycles. The number of halogens is 3. The van der Waals surface area contributed by atoms with Gasteiger partial charge in [-0.2, -0.15) is 0 Å². The van der Waals surface area contributed by atoms with Crippen LogP contribution >= 0.6 is 0 Å². The predicted octanol–water partition coefficient (Wildman–Crippen LogP) is 1.64. The maximum atomic E-state index is 14.1. The van der Waals surface area contributed by atoms with E-state index in [1.54, 1.807) is 44.2 Å². The van der Waals surface area contributed by atoms with Gasteiger partial charge in [0.25, 0.3) is 11.8 Å². The first-order valence-electron chi connectivity index (χ1n) is 12.8. The van der Waals surface area contributed by atoms with Gasteiger partial charge in [0.2, 0.25) is 5.43 Å². The third kappa shape index (κ3) is 5.02. The molecular weight excluding hydrogens is 545 g/mol. The second-order valence-electron chi connectivity index (χ2n) is 10.0. The predicted molar refractivity (Wildman–Crippen MR) is 139 cm³/mol. The first kappa shape index (κ1) is 28.2. The van der Waals surface area contributed by atoms with E-state index in [4.69, 9.17) is 4.74 Å². The lowest BCUT2D eigenvalue weighted by molar-refractivity contribution is -0.0207. The fraction of sp³-hybridized carbons (Fsp3) is 0.321. The Balaban J connectivity index is 1.59. The number of aliphatic hydroxyl groups is 2. The number of carbonyl (C=O) groups excluding carboxylic acids is 2. The van der Waals surface area contributed by atoms with Crippen LogP contribution in [-0.4, -0.2) is 62.6 Å². The number of nitrogens with zero attached hydrogens (tertiary/aromatic N) is 3. The Bertz CT molecular complexity index is 1540. The van der Waals surface area contributed by atoms with Crippen LogP contribution < -0.4 is 20.5 Å². The van der Waals surface area contributed by atoms with E-state index in [0.717, 1.165) is 6.20 Å². The summed E-state index contributed by atoms with van der Waals surface area (Å²) >= 11 is 0. The van der Waals surface area contributed by atoms with Crippen LogP contribution in [0.1, 0.15) is 45.8 Å². The lowest BCUT2D eigenvalue weighted by Gasteiger charge is -2.42. The van der Waals surface area contributed by atoms with E-state index in [0.29, 0.717) is 17.7 Å². The zero-order valence-corrected chi connectivity index (χ0v) is 22.1. The Hall–Kier alpha value is -4.36. The monoisotopic (exact) mass is 572 g/mol. The number of carbonyl (C=O) groups is 2. The summed E-state index contributed by atoms with van der Waals surface area (Å²) in [6.45, 7) is 2.25. The highest BCUT2D eigenvalue weighted by molar-refractivity contribution is 5.99. The Morgan fingerprint density at radius 1 is 1.02 bits per heavy atom. The molecule has 5 rings (SSSR count). The van der Waals surface area contributed by atoms with Crippen molar-refractivity contribution in [2.45, 2.75) is 51.3 Å². The highest BCUT2D eigenvalue weighted by atomic mass is 19.1. The first-order chi connectivity index (χ1) is 19.5. The van der Waals surface area contributed by atoms with Gasteiger partial charge in [-0.25, -0.2) is 13.2 Å². The minimum atomic E-state index is -1.31. The number of ether oxygens (including phenoxy) is 1. The van der Waals surface area contributed by atoms with Crippen LogP contribution in [0, 0.1) is 17.5 Å². The number of hydrogen-bond acceptors (Lipinski definition) is 7. The quantitative estimate of drug-likeness (QED) is 0.410. The van der Waals surface area contributed by atoms with Gasteiger partial charge in [-0.1, -0.05) is 30.3 Å². The van der Waals surface area contributed by atoms with Crippen LogP contribution in [0.5, 0.6) is 5.75 Å². The molecule has 1 fully saturated rings. The molecule has 13 heteroatoms. The molecule has 3 N–H and O–H groups in total. The van der Waals surface area contributed by atoms with Gasteiger partial charge in [0, 0.05) is 30.4 Å². The van der Waals surface area contributed by atoms with E-state index in [9.17, 15) is 37.8 Å². The summed E-state index contributed by atoms with van der Waals surface area (Å²) in [6.07, 6.45) is -1.53.